The molecule has 1 saturated heterocycles. The van der Waals surface area contributed by atoms with Gasteiger partial charge in [-0.3, -0.25) is 9.88 Å². The van der Waals surface area contributed by atoms with Gasteiger partial charge >= 0.3 is 0 Å². The second-order valence-corrected chi connectivity index (χ2v) is 7.37. The van der Waals surface area contributed by atoms with Crippen LogP contribution in [-0.4, -0.2) is 39.0 Å². The maximum atomic E-state index is 6.10. The van der Waals surface area contributed by atoms with Gasteiger partial charge in [0.05, 0.1) is 24.0 Å². The van der Waals surface area contributed by atoms with Gasteiger partial charge in [-0.05, 0) is 49.9 Å². The molecule has 5 rings (SSSR count). The lowest BCUT2D eigenvalue weighted by Crippen LogP contribution is -2.42. The third-order valence-corrected chi connectivity index (χ3v) is 5.75. The van der Waals surface area contributed by atoms with Crippen LogP contribution in [0.4, 0.5) is 0 Å². The summed E-state index contributed by atoms with van der Waals surface area (Å²) < 4.78 is 8.25. The number of aryl methyl sites for hydroxylation is 2. The summed E-state index contributed by atoms with van der Waals surface area (Å²) in [4.78, 5) is 12.1. The molecule has 0 N–H and O–H groups in total. The highest BCUT2D eigenvalue weighted by molar-refractivity contribution is 5.42. The number of nitrogens with zero attached hydrogens (tertiary/aromatic N) is 4. The van der Waals surface area contributed by atoms with Crippen LogP contribution < -0.4 is 0 Å². The molecule has 0 saturated carbocycles. The smallest absolute Gasteiger partial charge is 0.137 e. The number of hydrogen-bond donors (Lipinski definition) is 0. The maximum absolute atomic E-state index is 6.10. The van der Waals surface area contributed by atoms with Crippen molar-refractivity contribution in [2.75, 3.05) is 19.7 Å². The van der Waals surface area contributed by atoms with Crippen LogP contribution >= 0.6 is 0 Å². The first-order valence-corrected chi connectivity index (χ1v) is 9.53. The zero-order valence-electron chi connectivity index (χ0n) is 15.1. The van der Waals surface area contributed by atoms with Crippen LogP contribution in [0.2, 0.25) is 0 Å². The number of pyridine rings is 2. The van der Waals surface area contributed by atoms with Crippen molar-refractivity contribution in [2.45, 2.75) is 38.3 Å². The fourth-order valence-electron chi connectivity index (χ4n) is 4.39. The zero-order chi connectivity index (χ0) is 17.5. The highest BCUT2D eigenvalue weighted by atomic mass is 16.5. The second-order valence-electron chi connectivity index (χ2n) is 7.37. The quantitative estimate of drug-likeness (QED) is 0.711. The molecule has 2 atom stereocenters. The van der Waals surface area contributed by atoms with Gasteiger partial charge in [-0.15, -0.1) is 0 Å². The van der Waals surface area contributed by atoms with E-state index in [0.29, 0.717) is 6.04 Å². The maximum Gasteiger partial charge on any atom is 0.137 e. The number of imidazole rings is 1. The van der Waals surface area contributed by atoms with E-state index in [1.165, 1.54) is 29.8 Å². The molecule has 4 heterocycles. The standard InChI is InChI=1S/C21H24N4O/c1-15-5-2-9-20-23-17(13-25(15)20)19-14-24(11-12-26-19)18-8-3-6-16-7-4-10-22-21(16)18/h2,4-5,7,9-10,13,18-19H,3,6,8,11-12,14H2,1H3. The fraction of sp³-hybridized carbons (Fsp3) is 0.429. The fourth-order valence-corrected chi connectivity index (χ4v) is 4.39. The van der Waals surface area contributed by atoms with Crippen LogP contribution in [0.15, 0.2) is 42.7 Å². The molecule has 3 aromatic heterocycles. The molecule has 0 aromatic carbocycles. The summed E-state index contributed by atoms with van der Waals surface area (Å²) in [6.07, 6.45) is 7.66. The SMILES string of the molecule is Cc1cccc2nc(C3CN(C4CCCc5cccnc54)CCO3)cn12. The van der Waals surface area contributed by atoms with E-state index in [2.05, 4.69) is 52.8 Å². The Morgan fingerprint density at radius 1 is 1.19 bits per heavy atom. The molecular weight excluding hydrogens is 324 g/mol. The van der Waals surface area contributed by atoms with Crippen molar-refractivity contribution >= 4 is 5.65 Å². The molecule has 134 valence electrons. The zero-order valence-corrected chi connectivity index (χ0v) is 15.1. The Bertz CT molecular complexity index is 935. The van der Waals surface area contributed by atoms with E-state index in [-0.39, 0.29) is 6.10 Å². The summed E-state index contributed by atoms with van der Waals surface area (Å²) in [5, 5.41) is 0. The van der Waals surface area contributed by atoms with E-state index in [1.54, 1.807) is 0 Å². The van der Waals surface area contributed by atoms with Crippen molar-refractivity contribution in [1.29, 1.82) is 0 Å². The van der Waals surface area contributed by atoms with Gasteiger partial charge in [0, 0.05) is 31.2 Å². The monoisotopic (exact) mass is 348 g/mol. The van der Waals surface area contributed by atoms with Crippen molar-refractivity contribution in [1.82, 2.24) is 19.3 Å². The van der Waals surface area contributed by atoms with Gasteiger partial charge in [0.1, 0.15) is 11.8 Å². The Balaban J connectivity index is 1.42. The van der Waals surface area contributed by atoms with Gasteiger partial charge in [0.2, 0.25) is 0 Å². The van der Waals surface area contributed by atoms with Crippen LogP contribution in [0, 0.1) is 6.92 Å². The molecule has 3 aromatic rings. The number of hydrogen-bond acceptors (Lipinski definition) is 4. The minimum Gasteiger partial charge on any atom is -0.369 e. The first-order valence-electron chi connectivity index (χ1n) is 9.53. The van der Waals surface area contributed by atoms with Gasteiger partial charge in [-0.2, -0.15) is 0 Å². The Morgan fingerprint density at radius 2 is 2.15 bits per heavy atom. The lowest BCUT2D eigenvalue weighted by Gasteiger charge is -2.39. The van der Waals surface area contributed by atoms with Crippen LogP contribution in [0.25, 0.3) is 5.65 Å². The number of rotatable bonds is 2. The molecule has 2 unspecified atom stereocenters. The van der Waals surface area contributed by atoms with E-state index < -0.39 is 0 Å². The summed E-state index contributed by atoms with van der Waals surface area (Å²) in [6.45, 7) is 4.69. The molecular formula is C21H24N4O. The summed E-state index contributed by atoms with van der Waals surface area (Å²) in [7, 11) is 0. The third-order valence-electron chi connectivity index (χ3n) is 5.75. The van der Waals surface area contributed by atoms with Crippen LogP contribution in [0.1, 0.15) is 47.6 Å². The molecule has 26 heavy (non-hydrogen) atoms. The molecule has 2 aliphatic rings. The molecule has 0 bridgehead atoms. The van der Waals surface area contributed by atoms with E-state index in [0.717, 1.165) is 37.5 Å². The molecule has 5 heteroatoms. The Kier molecular flexibility index (Phi) is 3.98. The van der Waals surface area contributed by atoms with Crippen LogP contribution in [0.5, 0.6) is 0 Å². The van der Waals surface area contributed by atoms with Gasteiger partial charge < -0.3 is 9.14 Å². The average Bonchev–Trinajstić information content (AvgIpc) is 3.14. The Morgan fingerprint density at radius 3 is 3.08 bits per heavy atom. The van der Waals surface area contributed by atoms with E-state index in [4.69, 9.17) is 14.7 Å². The number of fused-ring (bicyclic) bond motifs is 2. The van der Waals surface area contributed by atoms with E-state index in [9.17, 15) is 0 Å². The molecule has 0 spiro atoms. The van der Waals surface area contributed by atoms with E-state index in [1.807, 2.05) is 6.20 Å². The lowest BCUT2D eigenvalue weighted by atomic mass is 9.90. The summed E-state index contributed by atoms with van der Waals surface area (Å²) in [6, 6.07) is 10.9. The van der Waals surface area contributed by atoms with Gasteiger partial charge in [0.15, 0.2) is 0 Å². The minimum atomic E-state index is 0.0251. The van der Waals surface area contributed by atoms with Crippen molar-refractivity contribution in [3.63, 3.8) is 0 Å². The number of aromatic nitrogens is 3. The van der Waals surface area contributed by atoms with Gasteiger partial charge in [0.25, 0.3) is 0 Å². The normalized spacial score (nSPS) is 23.9. The van der Waals surface area contributed by atoms with Crippen molar-refractivity contribution < 1.29 is 4.74 Å². The first-order chi connectivity index (χ1) is 12.8. The average molecular weight is 348 g/mol. The van der Waals surface area contributed by atoms with Crippen LogP contribution in [-0.2, 0) is 11.2 Å². The van der Waals surface area contributed by atoms with Gasteiger partial charge in [-0.25, -0.2) is 4.98 Å². The van der Waals surface area contributed by atoms with Crippen molar-refractivity contribution in [3.8, 4) is 0 Å². The highest BCUT2D eigenvalue weighted by Gasteiger charge is 2.32. The molecule has 1 fully saturated rings. The largest absolute Gasteiger partial charge is 0.369 e. The summed E-state index contributed by atoms with van der Waals surface area (Å²) >= 11 is 0. The summed E-state index contributed by atoms with van der Waals surface area (Å²) in [5.74, 6) is 0. The second kappa shape index (κ2) is 6.49. The van der Waals surface area contributed by atoms with Gasteiger partial charge in [-0.1, -0.05) is 12.1 Å². The molecule has 1 aliphatic carbocycles. The number of ether oxygens (including phenoxy) is 1. The molecule has 1 aliphatic heterocycles. The Labute approximate surface area is 153 Å². The third kappa shape index (κ3) is 2.72. The predicted molar refractivity (Wildman–Crippen MR) is 100 cm³/mol. The molecule has 0 amide bonds. The minimum absolute atomic E-state index is 0.0251. The lowest BCUT2D eigenvalue weighted by molar-refractivity contribution is -0.0502. The Hall–Kier alpha value is -2.24. The van der Waals surface area contributed by atoms with Crippen molar-refractivity contribution in [2.24, 2.45) is 0 Å². The van der Waals surface area contributed by atoms with Crippen molar-refractivity contribution in [3.05, 3.63) is 65.4 Å². The van der Waals surface area contributed by atoms with Crippen LogP contribution in [0.3, 0.4) is 0 Å². The first kappa shape index (κ1) is 16.0. The highest BCUT2D eigenvalue weighted by Crippen LogP contribution is 2.35. The van der Waals surface area contributed by atoms with E-state index >= 15 is 0 Å². The predicted octanol–water partition coefficient (Wildman–Crippen LogP) is 3.49. The summed E-state index contributed by atoms with van der Waals surface area (Å²) in [5.41, 5.74) is 5.89. The molecule has 0 radical (unpaired) electrons. The molecule has 5 nitrogen and oxygen atoms in total. The topological polar surface area (TPSA) is 42.7 Å². The number of morpholine rings is 1.